The van der Waals surface area contributed by atoms with Gasteiger partial charge in [-0.25, -0.2) is 9.18 Å². The van der Waals surface area contributed by atoms with Crippen LogP contribution < -0.4 is 10.6 Å². The lowest BCUT2D eigenvalue weighted by Gasteiger charge is -2.19. The fraction of sp³-hybridized carbons (Fsp3) is 0.154. The highest BCUT2D eigenvalue weighted by Gasteiger charge is 2.19. The normalized spacial score (nSPS) is 10.4. The van der Waals surface area contributed by atoms with Gasteiger partial charge in [-0.05, 0) is 66.1 Å². The number of carbonyl (C=O) groups is 4. The third-order valence-electron chi connectivity index (χ3n) is 5.12. The Balaban J connectivity index is 1.63. The van der Waals surface area contributed by atoms with Gasteiger partial charge in [0, 0.05) is 28.8 Å². The molecule has 2 N–H and O–H groups in total. The highest BCUT2D eigenvalue weighted by atomic mass is 32.2. The summed E-state index contributed by atoms with van der Waals surface area (Å²) in [5, 5.41) is 4.83. The van der Waals surface area contributed by atoms with Crippen molar-refractivity contribution in [2.45, 2.75) is 36.7 Å². The van der Waals surface area contributed by atoms with E-state index in [1.807, 2.05) is 29.6 Å². The molecule has 3 aromatic carbocycles. The van der Waals surface area contributed by atoms with Gasteiger partial charge in [-0.3, -0.25) is 24.6 Å². The average Bonchev–Trinajstić information content (AvgIpc) is 2.84. The van der Waals surface area contributed by atoms with Crippen LogP contribution in [0.2, 0.25) is 0 Å². The molecule has 0 radical (unpaired) electrons. The van der Waals surface area contributed by atoms with Crippen LogP contribution in [0.1, 0.15) is 34.0 Å². The molecule has 0 spiro atoms. The van der Waals surface area contributed by atoms with E-state index in [0.29, 0.717) is 17.7 Å². The van der Waals surface area contributed by atoms with Crippen molar-refractivity contribution in [3.8, 4) is 0 Å². The number of benzene rings is 3. The van der Waals surface area contributed by atoms with Gasteiger partial charge in [0.15, 0.2) is 0 Å². The molecule has 35 heavy (non-hydrogen) atoms. The first-order chi connectivity index (χ1) is 16.8. The van der Waals surface area contributed by atoms with Crippen molar-refractivity contribution in [3.05, 3.63) is 94.8 Å². The summed E-state index contributed by atoms with van der Waals surface area (Å²) in [5.74, 6) is -1.10. The second kappa shape index (κ2) is 11.9. The Morgan fingerprint density at radius 1 is 0.943 bits per heavy atom. The third-order valence-corrected chi connectivity index (χ3v) is 6.14. The Morgan fingerprint density at radius 2 is 1.54 bits per heavy atom. The average molecular weight is 494 g/mol. The molecule has 7 nitrogen and oxygen atoms in total. The summed E-state index contributed by atoms with van der Waals surface area (Å²) in [6.07, 6.45) is 0.209. The van der Waals surface area contributed by atoms with Crippen LogP contribution in [0.5, 0.6) is 0 Å². The smallest absolute Gasteiger partial charge is 0.330 e. The molecule has 0 aliphatic rings. The topological polar surface area (TPSA) is 95.6 Å². The Kier molecular flexibility index (Phi) is 8.74. The van der Waals surface area contributed by atoms with E-state index in [0.717, 1.165) is 25.8 Å². The summed E-state index contributed by atoms with van der Waals surface area (Å²) in [5.41, 5.74) is 2.64. The van der Waals surface area contributed by atoms with Gasteiger partial charge in [0.1, 0.15) is 5.82 Å². The predicted octanol–water partition coefficient (Wildman–Crippen LogP) is 4.43. The summed E-state index contributed by atoms with van der Waals surface area (Å²) in [6, 6.07) is 18.2. The molecule has 0 saturated heterocycles. The maximum Gasteiger partial charge on any atom is 0.330 e. The van der Waals surface area contributed by atoms with Crippen LogP contribution in [0.25, 0.3) is 0 Å². The van der Waals surface area contributed by atoms with E-state index >= 15 is 0 Å². The van der Waals surface area contributed by atoms with Crippen molar-refractivity contribution in [1.82, 2.24) is 15.5 Å². The lowest BCUT2D eigenvalue weighted by molar-refractivity contribution is -0.126. The lowest BCUT2D eigenvalue weighted by Crippen LogP contribution is -2.41. The maximum absolute atomic E-state index is 13.1. The zero-order valence-corrected chi connectivity index (χ0v) is 20.0. The first-order valence-corrected chi connectivity index (χ1v) is 11.5. The Bertz CT molecular complexity index is 1230. The van der Waals surface area contributed by atoms with Crippen LogP contribution in [-0.4, -0.2) is 29.2 Å². The van der Waals surface area contributed by atoms with Crippen molar-refractivity contribution in [2.75, 3.05) is 0 Å². The van der Waals surface area contributed by atoms with Gasteiger partial charge < -0.3 is 5.32 Å². The lowest BCUT2D eigenvalue weighted by atomic mass is 10.0. The van der Waals surface area contributed by atoms with Gasteiger partial charge in [-0.2, -0.15) is 0 Å². The molecule has 0 aromatic heterocycles. The Labute approximate surface area is 206 Å². The minimum Gasteiger partial charge on any atom is -0.348 e. The molecule has 0 unspecified atom stereocenters. The van der Waals surface area contributed by atoms with E-state index < -0.39 is 11.9 Å². The molecule has 3 rings (SSSR count). The molecule has 180 valence electrons. The molecular weight excluding hydrogens is 469 g/mol. The van der Waals surface area contributed by atoms with Crippen molar-refractivity contribution < 1.29 is 23.6 Å². The van der Waals surface area contributed by atoms with Gasteiger partial charge in [-0.1, -0.05) is 36.0 Å². The van der Waals surface area contributed by atoms with E-state index in [1.54, 1.807) is 37.3 Å². The molecule has 0 bridgehead atoms. The van der Waals surface area contributed by atoms with Gasteiger partial charge in [0.05, 0.1) is 6.54 Å². The summed E-state index contributed by atoms with van der Waals surface area (Å²) in [4.78, 5) is 49.9. The number of hydrogen-bond acceptors (Lipinski definition) is 5. The van der Waals surface area contributed by atoms with Crippen LogP contribution in [0.4, 0.5) is 9.18 Å². The molecule has 9 heteroatoms. The van der Waals surface area contributed by atoms with Gasteiger partial charge in [-0.15, -0.1) is 0 Å². The molecule has 0 aliphatic carbocycles. The molecule has 0 saturated carbocycles. The molecule has 0 atom stereocenters. The summed E-state index contributed by atoms with van der Waals surface area (Å²) in [7, 11) is 0. The largest absolute Gasteiger partial charge is 0.348 e. The van der Waals surface area contributed by atoms with E-state index in [1.165, 1.54) is 30.8 Å². The van der Waals surface area contributed by atoms with Crippen molar-refractivity contribution in [1.29, 1.82) is 0 Å². The zero-order valence-electron chi connectivity index (χ0n) is 19.2. The van der Waals surface area contributed by atoms with E-state index in [2.05, 4.69) is 5.32 Å². The fourth-order valence-corrected chi connectivity index (χ4v) is 4.06. The predicted molar refractivity (Wildman–Crippen MR) is 130 cm³/mol. The number of urea groups is 1. The number of hydrogen-bond donors (Lipinski definition) is 2. The number of aryl methyl sites for hydroxylation is 1. The highest BCUT2D eigenvalue weighted by Crippen LogP contribution is 2.27. The van der Waals surface area contributed by atoms with E-state index in [9.17, 15) is 23.6 Å². The third kappa shape index (κ3) is 7.25. The maximum atomic E-state index is 13.1. The van der Waals surface area contributed by atoms with Crippen molar-refractivity contribution >= 4 is 36.0 Å². The van der Waals surface area contributed by atoms with Crippen molar-refractivity contribution in [2.24, 2.45) is 0 Å². The number of rotatable bonds is 8. The Morgan fingerprint density at radius 3 is 2.14 bits per heavy atom. The second-order valence-electron chi connectivity index (χ2n) is 7.70. The highest BCUT2D eigenvalue weighted by molar-refractivity contribution is 7.99. The monoisotopic (exact) mass is 493 g/mol. The van der Waals surface area contributed by atoms with Crippen LogP contribution in [0, 0.1) is 12.7 Å². The van der Waals surface area contributed by atoms with E-state index in [4.69, 9.17) is 0 Å². The standard InChI is InChI=1S/C26H24FN3O4S/c1-17-3-4-20(15-30(18(2)32)26(34)29-16-31)13-24(17)25(33)28-14-19-5-9-22(10-6-19)35-23-11-7-21(27)8-12-23/h3-13,16H,14-15H2,1-2H3,(H,28,33)(H,29,31,34). The molecule has 3 aromatic rings. The fourth-order valence-electron chi connectivity index (χ4n) is 3.24. The van der Waals surface area contributed by atoms with Crippen LogP contribution in [0.15, 0.2) is 76.5 Å². The second-order valence-corrected chi connectivity index (χ2v) is 8.85. The minimum atomic E-state index is -0.833. The quantitative estimate of drug-likeness (QED) is 0.453. The first kappa shape index (κ1) is 25.6. The Hall–Kier alpha value is -3.98. The molecule has 5 amide bonds. The summed E-state index contributed by atoms with van der Waals surface area (Å²) >= 11 is 1.51. The summed E-state index contributed by atoms with van der Waals surface area (Å²) < 4.78 is 13.1. The number of imide groups is 2. The van der Waals surface area contributed by atoms with Crippen LogP contribution in [-0.2, 0) is 22.7 Å². The van der Waals surface area contributed by atoms with Crippen LogP contribution >= 0.6 is 11.8 Å². The molecule has 0 fully saturated rings. The number of nitrogens with zero attached hydrogens (tertiary/aromatic N) is 1. The molecule has 0 aliphatic heterocycles. The number of nitrogens with one attached hydrogen (secondary N) is 2. The molecular formula is C26H24FN3O4S. The SMILES string of the molecule is CC(=O)N(Cc1ccc(C)c(C(=O)NCc2ccc(Sc3ccc(F)cc3)cc2)c1)C(=O)NC=O. The van der Waals surface area contributed by atoms with Gasteiger partial charge >= 0.3 is 6.03 Å². The van der Waals surface area contributed by atoms with Gasteiger partial charge in [0.2, 0.25) is 12.3 Å². The summed E-state index contributed by atoms with van der Waals surface area (Å²) in [6.45, 7) is 3.24. The number of carbonyl (C=O) groups excluding carboxylic acids is 4. The number of halogens is 1. The first-order valence-electron chi connectivity index (χ1n) is 10.7. The van der Waals surface area contributed by atoms with Crippen LogP contribution in [0.3, 0.4) is 0 Å². The zero-order chi connectivity index (χ0) is 25.4. The number of amides is 5. The molecule has 0 heterocycles. The van der Waals surface area contributed by atoms with E-state index in [-0.39, 0.29) is 24.7 Å². The van der Waals surface area contributed by atoms with Crippen molar-refractivity contribution in [3.63, 3.8) is 0 Å². The minimum absolute atomic E-state index is 0.0806. The van der Waals surface area contributed by atoms with Gasteiger partial charge in [0.25, 0.3) is 5.91 Å².